The van der Waals surface area contributed by atoms with E-state index >= 15 is 0 Å². The fraction of sp³-hybridized carbons (Fsp3) is 0.174. The van der Waals surface area contributed by atoms with Gasteiger partial charge in [0, 0.05) is 17.8 Å². The highest BCUT2D eigenvalue weighted by Crippen LogP contribution is 2.27. The van der Waals surface area contributed by atoms with E-state index < -0.39 is 26.9 Å². The summed E-state index contributed by atoms with van der Waals surface area (Å²) < 4.78 is 33.9. The van der Waals surface area contributed by atoms with E-state index in [0.717, 1.165) is 0 Å². The summed E-state index contributed by atoms with van der Waals surface area (Å²) >= 11 is 6.14. The molecule has 0 unspecified atom stereocenters. The molecule has 0 saturated carbocycles. The van der Waals surface area contributed by atoms with Crippen LogP contribution in [-0.4, -0.2) is 31.9 Å². The molecule has 0 radical (unpaired) electrons. The summed E-state index contributed by atoms with van der Waals surface area (Å²) in [5.41, 5.74) is 0.678. The standard InChI is InChI=1S/C23H22ClN3O6S/c1-2-33-22-12-11-19(15-20(22)24)34(31,32)26-21(13-16-7-4-3-5-8-16)23(28)25-17-9-6-10-18(14-17)27(29)30/h3-12,14-15,21,26H,2,13H2,1H3,(H,25,28)/t21-/m0/s1. The molecule has 34 heavy (non-hydrogen) atoms. The number of hydrogen-bond acceptors (Lipinski definition) is 6. The summed E-state index contributed by atoms with van der Waals surface area (Å²) in [6.07, 6.45) is 0.0472. The van der Waals surface area contributed by atoms with E-state index in [1.807, 2.05) is 0 Å². The van der Waals surface area contributed by atoms with Gasteiger partial charge >= 0.3 is 0 Å². The molecule has 0 heterocycles. The second kappa shape index (κ2) is 11.1. The van der Waals surface area contributed by atoms with Gasteiger partial charge in [-0.3, -0.25) is 14.9 Å². The topological polar surface area (TPSA) is 128 Å². The van der Waals surface area contributed by atoms with E-state index in [-0.39, 0.29) is 27.7 Å². The Morgan fingerprint density at radius 1 is 1.09 bits per heavy atom. The summed E-state index contributed by atoms with van der Waals surface area (Å²) in [4.78, 5) is 23.4. The van der Waals surface area contributed by atoms with E-state index in [2.05, 4.69) is 10.0 Å². The molecule has 3 aromatic carbocycles. The lowest BCUT2D eigenvalue weighted by molar-refractivity contribution is -0.384. The number of nitro benzene ring substituents is 1. The molecule has 3 aromatic rings. The fourth-order valence-electron chi connectivity index (χ4n) is 3.14. The number of nitro groups is 1. The number of sulfonamides is 1. The zero-order valence-corrected chi connectivity index (χ0v) is 19.7. The van der Waals surface area contributed by atoms with Crippen LogP contribution in [0.3, 0.4) is 0 Å². The van der Waals surface area contributed by atoms with E-state index in [1.54, 1.807) is 37.3 Å². The van der Waals surface area contributed by atoms with Gasteiger partial charge < -0.3 is 10.1 Å². The summed E-state index contributed by atoms with van der Waals surface area (Å²) in [5, 5.41) is 13.7. The monoisotopic (exact) mass is 503 g/mol. The number of carbonyl (C=O) groups excluding carboxylic acids is 1. The van der Waals surface area contributed by atoms with Crippen LogP contribution in [0.5, 0.6) is 5.75 Å². The highest BCUT2D eigenvalue weighted by molar-refractivity contribution is 7.89. The van der Waals surface area contributed by atoms with Gasteiger partial charge in [-0.05, 0) is 43.2 Å². The first-order valence-electron chi connectivity index (χ1n) is 10.2. The van der Waals surface area contributed by atoms with E-state index in [0.29, 0.717) is 17.9 Å². The molecular weight excluding hydrogens is 482 g/mol. The molecule has 1 amide bonds. The molecule has 0 fully saturated rings. The number of hydrogen-bond donors (Lipinski definition) is 2. The third-order valence-corrected chi connectivity index (χ3v) is 6.50. The van der Waals surface area contributed by atoms with Crippen LogP contribution in [0.4, 0.5) is 11.4 Å². The van der Waals surface area contributed by atoms with E-state index in [9.17, 15) is 23.3 Å². The molecule has 1 atom stereocenters. The maximum atomic E-state index is 13.1. The van der Waals surface area contributed by atoms with Crippen LogP contribution in [0.15, 0.2) is 77.7 Å². The van der Waals surface area contributed by atoms with Crippen molar-refractivity contribution in [1.29, 1.82) is 0 Å². The summed E-state index contributed by atoms with van der Waals surface area (Å²) in [5.74, 6) is -0.336. The van der Waals surface area contributed by atoms with Gasteiger partial charge in [-0.15, -0.1) is 0 Å². The number of benzene rings is 3. The number of nitrogens with zero attached hydrogens (tertiary/aromatic N) is 1. The Balaban J connectivity index is 1.88. The minimum Gasteiger partial charge on any atom is -0.492 e. The first-order chi connectivity index (χ1) is 16.2. The summed E-state index contributed by atoms with van der Waals surface area (Å²) in [7, 11) is -4.15. The van der Waals surface area contributed by atoms with Gasteiger partial charge in [0.25, 0.3) is 5.69 Å². The molecule has 2 N–H and O–H groups in total. The van der Waals surface area contributed by atoms with Crippen molar-refractivity contribution in [3.05, 3.63) is 93.5 Å². The molecule has 0 aliphatic rings. The van der Waals surface area contributed by atoms with Crippen LogP contribution < -0.4 is 14.8 Å². The molecule has 0 saturated heterocycles. The third kappa shape index (κ3) is 6.53. The van der Waals surface area contributed by atoms with Crippen LogP contribution in [0.2, 0.25) is 5.02 Å². The predicted molar refractivity (Wildman–Crippen MR) is 129 cm³/mol. The molecule has 0 bridgehead atoms. The number of anilines is 1. The van der Waals surface area contributed by atoms with Crippen LogP contribution in [-0.2, 0) is 21.2 Å². The van der Waals surface area contributed by atoms with Gasteiger partial charge in [0.2, 0.25) is 15.9 Å². The third-order valence-electron chi connectivity index (χ3n) is 4.73. The Labute approximate surface area is 201 Å². The van der Waals surface area contributed by atoms with Crippen molar-refractivity contribution in [2.75, 3.05) is 11.9 Å². The number of rotatable bonds is 10. The number of ether oxygens (including phenoxy) is 1. The molecule has 9 nitrogen and oxygen atoms in total. The van der Waals surface area contributed by atoms with Gasteiger partial charge in [0.05, 0.1) is 21.4 Å². The normalized spacial score (nSPS) is 12.1. The molecule has 0 aliphatic heterocycles. The number of nitrogens with one attached hydrogen (secondary N) is 2. The number of carbonyl (C=O) groups is 1. The van der Waals surface area contributed by atoms with Crippen LogP contribution in [0.1, 0.15) is 12.5 Å². The lowest BCUT2D eigenvalue weighted by atomic mass is 10.1. The first kappa shape index (κ1) is 25.2. The molecule has 3 rings (SSSR count). The highest BCUT2D eigenvalue weighted by Gasteiger charge is 2.27. The van der Waals surface area contributed by atoms with E-state index in [4.69, 9.17) is 16.3 Å². The Hall–Kier alpha value is -3.47. The Morgan fingerprint density at radius 2 is 1.82 bits per heavy atom. The van der Waals surface area contributed by atoms with Crippen molar-refractivity contribution >= 4 is 38.9 Å². The lowest BCUT2D eigenvalue weighted by Gasteiger charge is -2.19. The van der Waals surface area contributed by atoms with Gasteiger partial charge in [-0.25, -0.2) is 8.42 Å². The van der Waals surface area contributed by atoms with Gasteiger partial charge in [0.1, 0.15) is 11.8 Å². The van der Waals surface area contributed by atoms with Crippen LogP contribution in [0.25, 0.3) is 0 Å². The van der Waals surface area contributed by atoms with Gasteiger partial charge in [0.15, 0.2) is 0 Å². The van der Waals surface area contributed by atoms with Crippen LogP contribution >= 0.6 is 11.6 Å². The largest absolute Gasteiger partial charge is 0.492 e. The molecule has 0 aromatic heterocycles. The van der Waals surface area contributed by atoms with Gasteiger partial charge in [-0.1, -0.05) is 48.0 Å². The zero-order chi connectivity index (χ0) is 24.7. The molecule has 0 spiro atoms. The van der Waals surface area contributed by atoms with Crippen molar-refractivity contribution in [2.24, 2.45) is 0 Å². The van der Waals surface area contributed by atoms with Crippen molar-refractivity contribution in [3.8, 4) is 5.75 Å². The molecule has 178 valence electrons. The van der Waals surface area contributed by atoms with Crippen LogP contribution in [0, 0.1) is 10.1 Å². The zero-order valence-electron chi connectivity index (χ0n) is 18.1. The smallest absolute Gasteiger partial charge is 0.271 e. The van der Waals surface area contributed by atoms with Crippen molar-refractivity contribution in [3.63, 3.8) is 0 Å². The average molecular weight is 504 g/mol. The second-order valence-electron chi connectivity index (χ2n) is 7.19. The average Bonchev–Trinajstić information content (AvgIpc) is 2.80. The Morgan fingerprint density at radius 3 is 2.47 bits per heavy atom. The molecular formula is C23H22ClN3O6S. The van der Waals surface area contributed by atoms with Crippen molar-refractivity contribution in [1.82, 2.24) is 4.72 Å². The minimum absolute atomic E-state index is 0.0472. The predicted octanol–water partition coefficient (Wildman–Crippen LogP) is 4.18. The maximum absolute atomic E-state index is 13.1. The lowest BCUT2D eigenvalue weighted by Crippen LogP contribution is -2.45. The number of amides is 1. The molecule has 11 heteroatoms. The minimum atomic E-state index is -4.15. The Kier molecular flexibility index (Phi) is 8.21. The van der Waals surface area contributed by atoms with E-state index in [1.165, 1.54) is 42.5 Å². The quantitative estimate of drug-likeness (QED) is 0.315. The molecule has 0 aliphatic carbocycles. The Bertz CT molecular complexity index is 1280. The number of non-ortho nitro benzene ring substituents is 1. The summed E-state index contributed by atoms with van der Waals surface area (Å²) in [6.45, 7) is 2.14. The second-order valence-corrected chi connectivity index (χ2v) is 9.31. The SMILES string of the molecule is CCOc1ccc(S(=O)(=O)N[C@@H](Cc2ccccc2)C(=O)Nc2cccc([N+](=O)[O-])c2)cc1Cl. The van der Waals surface area contributed by atoms with Crippen molar-refractivity contribution in [2.45, 2.75) is 24.3 Å². The van der Waals surface area contributed by atoms with Crippen molar-refractivity contribution < 1.29 is 22.9 Å². The maximum Gasteiger partial charge on any atom is 0.271 e. The first-order valence-corrected chi connectivity index (χ1v) is 12.1. The summed E-state index contributed by atoms with van der Waals surface area (Å²) in [6, 6.07) is 17.0. The number of halogens is 1. The highest BCUT2D eigenvalue weighted by atomic mass is 35.5. The fourth-order valence-corrected chi connectivity index (χ4v) is 4.66. The van der Waals surface area contributed by atoms with Gasteiger partial charge in [-0.2, -0.15) is 4.72 Å².